The fourth-order valence-electron chi connectivity index (χ4n) is 4.74. The van der Waals surface area contributed by atoms with E-state index in [0.29, 0.717) is 6.10 Å². The zero-order valence-corrected chi connectivity index (χ0v) is 20.0. The zero-order valence-electron chi connectivity index (χ0n) is 20.0. The zero-order chi connectivity index (χ0) is 22.7. The number of hydrogen-bond acceptors (Lipinski definition) is 4. The molecule has 6 heteroatoms. The third-order valence-corrected chi connectivity index (χ3v) is 6.68. The minimum atomic E-state index is 0.295. The van der Waals surface area contributed by atoms with E-state index in [2.05, 4.69) is 55.3 Å². The highest BCUT2D eigenvalue weighted by Gasteiger charge is 2.22. The van der Waals surface area contributed by atoms with Crippen molar-refractivity contribution >= 4 is 11.6 Å². The largest absolute Gasteiger partial charge is 0.490 e. The summed E-state index contributed by atoms with van der Waals surface area (Å²) < 4.78 is 6.12. The molecule has 2 aliphatic rings. The highest BCUT2D eigenvalue weighted by molar-refractivity contribution is 5.79. The second kappa shape index (κ2) is 12.5. The van der Waals surface area contributed by atoms with Gasteiger partial charge in [0.1, 0.15) is 11.9 Å². The Labute approximate surface area is 199 Å². The molecule has 2 heterocycles. The molecule has 33 heavy (non-hydrogen) atoms. The number of aliphatic imine (C=N–C) groups is 1. The van der Waals surface area contributed by atoms with Crippen molar-refractivity contribution in [3.63, 3.8) is 0 Å². The number of hydrogen-bond donors (Lipinski definition) is 1. The molecule has 0 saturated carbocycles. The van der Waals surface area contributed by atoms with Crippen LogP contribution >= 0.6 is 0 Å². The van der Waals surface area contributed by atoms with Gasteiger partial charge in [-0.1, -0.05) is 36.4 Å². The van der Waals surface area contributed by atoms with Gasteiger partial charge in [0.2, 0.25) is 0 Å². The van der Waals surface area contributed by atoms with Gasteiger partial charge >= 0.3 is 0 Å². The van der Waals surface area contributed by atoms with Crippen molar-refractivity contribution in [1.82, 2.24) is 15.1 Å². The van der Waals surface area contributed by atoms with Crippen molar-refractivity contribution in [3.8, 4) is 5.75 Å². The summed E-state index contributed by atoms with van der Waals surface area (Å²) in [7, 11) is 1.89. The Hall–Kier alpha value is -2.73. The number of piperidine rings is 1. The predicted octanol–water partition coefficient (Wildman–Crippen LogP) is 3.71. The van der Waals surface area contributed by atoms with Crippen molar-refractivity contribution in [2.75, 3.05) is 64.3 Å². The van der Waals surface area contributed by atoms with E-state index in [9.17, 15) is 0 Å². The van der Waals surface area contributed by atoms with Crippen LogP contribution in [0.4, 0.5) is 5.69 Å². The fraction of sp³-hybridized carbons (Fsp3) is 0.519. The number of likely N-dealkylation sites (tertiary alicyclic amines) is 1. The Balaban J connectivity index is 1.08. The van der Waals surface area contributed by atoms with Crippen LogP contribution in [0.1, 0.15) is 25.7 Å². The minimum absolute atomic E-state index is 0.295. The first-order valence-electron chi connectivity index (χ1n) is 12.5. The molecule has 1 N–H and O–H groups in total. The Morgan fingerprint density at radius 1 is 0.879 bits per heavy atom. The number of piperazine rings is 1. The first-order chi connectivity index (χ1) is 16.3. The maximum absolute atomic E-state index is 6.12. The van der Waals surface area contributed by atoms with Crippen molar-refractivity contribution in [2.24, 2.45) is 4.99 Å². The molecule has 6 nitrogen and oxygen atoms in total. The molecule has 0 aromatic heterocycles. The molecule has 0 amide bonds. The normalized spacial score (nSPS) is 18.4. The SMILES string of the molecule is CN=C(NCCCCN1CCN(c2ccccc2)CC1)N1CCC(Oc2ccccc2)CC1. The summed E-state index contributed by atoms with van der Waals surface area (Å²) in [5.41, 5.74) is 1.35. The third-order valence-electron chi connectivity index (χ3n) is 6.68. The van der Waals surface area contributed by atoms with Crippen molar-refractivity contribution < 1.29 is 4.74 Å². The van der Waals surface area contributed by atoms with Gasteiger partial charge in [0.05, 0.1) is 0 Å². The van der Waals surface area contributed by atoms with Crippen LogP contribution in [0.5, 0.6) is 5.75 Å². The molecular weight excluding hydrogens is 410 g/mol. The van der Waals surface area contributed by atoms with Gasteiger partial charge in [0, 0.05) is 71.4 Å². The number of para-hydroxylation sites is 2. The van der Waals surface area contributed by atoms with Crippen molar-refractivity contribution in [2.45, 2.75) is 31.8 Å². The molecule has 0 radical (unpaired) electrons. The van der Waals surface area contributed by atoms with Crippen molar-refractivity contribution in [1.29, 1.82) is 0 Å². The van der Waals surface area contributed by atoms with Gasteiger partial charge < -0.3 is 19.9 Å². The third kappa shape index (κ3) is 7.13. The monoisotopic (exact) mass is 449 g/mol. The van der Waals surface area contributed by atoms with Crippen LogP contribution in [-0.4, -0.2) is 81.3 Å². The van der Waals surface area contributed by atoms with E-state index in [-0.39, 0.29) is 0 Å². The summed E-state index contributed by atoms with van der Waals surface area (Å²) in [4.78, 5) is 12.0. The van der Waals surface area contributed by atoms with E-state index in [0.717, 1.165) is 70.4 Å². The number of unbranched alkanes of at least 4 members (excludes halogenated alkanes) is 1. The molecule has 2 aromatic carbocycles. The summed E-state index contributed by atoms with van der Waals surface area (Å²) in [6.07, 6.45) is 4.76. The van der Waals surface area contributed by atoms with Crippen LogP contribution in [0.25, 0.3) is 0 Å². The van der Waals surface area contributed by atoms with Gasteiger partial charge in [-0.2, -0.15) is 0 Å². The molecule has 0 atom stereocenters. The summed E-state index contributed by atoms with van der Waals surface area (Å²) in [5, 5.41) is 3.58. The molecule has 4 rings (SSSR count). The Morgan fingerprint density at radius 2 is 1.55 bits per heavy atom. The lowest BCUT2D eigenvalue weighted by molar-refractivity contribution is 0.129. The van der Waals surface area contributed by atoms with Gasteiger partial charge in [0.25, 0.3) is 0 Å². The number of rotatable bonds is 8. The average Bonchev–Trinajstić information content (AvgIpc) is 2.88. The summed E-state index contributed by atoms with van der Waals surface area (Å²) in [6.45, 7) is 8.71. The van der Waals surface area contributed by atoms with Crippen molar-refractivity contribution in [3.05, 3.63) is 60.7 Å². The highest BCUT2D eigenvalue weighted by atomic mass is 16.5. The number of nitrogens with zero attached hydrogens (tertiary/aromatic N) is 4. The lowest BCUT2D eigenvalue weighted by Gasteiger charge is -2.36. The molecule has 0 spiro atoms. The van der Waals surface area contributed by atoms with E-state index in [1.54, 1.807) is 0 Å². The minimum Gasteiger partial charge on any atom is -0.490 e. The molecular formula is C27H39N5O. The number of guanidine groups is 1. The number of anilines is 1. The molecule has 0 bridgehead atoms. The average molecular weight is 450 g/mol. The standard InChI is InChI=1S/C27H39N5O/c1-28-27(32-18-14-26(15-19-32)33-25-12-6-3-7-13-25)29-16-8-9-17-30-20-22-31(23-21-30)24-10-4-2-5-11-24/h2-7,10-13,26H,8-9,14-23H2,1H3,(H,28,29). The molecule has 0 unspecified atom stereocenters. The Morgan fingerprint density at radius 3 is 2.21 bits per heavy atom. The lowest BCUT2D eigenvalue weighted by atomic mass is 10.1. The summed E-state index contributed by atoms with van der Waals surface area (Å²) in [6, 6.07) is 20.9. The maximum Gasteiger partial charge on any atom is 0.193 e. The van der Waals surface area contributed by atoms with Crippen LogP contribution in [0.2, 0.25) is 0 Å². The van der Waals surface area contributed by atoms with Crippen LogP contribution in [0, 0.1) is 0 Å². The Bertz CT molecular complexity index is 828. The first kappa shape index (κ1) is 23.4. The quantitative estimate of drug-likeness (QED) is 0.378. The molecule has 2 fully saturated rings. The van der Waals surface area contributed by atoms with E-state index >= 15 is 0 Å². The maximum atomic E-state index is 6.12. The van der Waals surface area contributed by atoms with Crippen LogP contribution in [0.3, 0.4) is 0 Å². The Kier molecular flexibility index (Phi) is 8.87. The van der Waals surface area contributed by atoms with Crippen LogP contribution in [0.15, 0.2) is 65.7 Å². The second-order valence-electron chi connectivity index (χ2n) is 8.96. The first-order valence-corrected chi connectivity index (χ1v) is 12.5. The predicted molar refractivity (Wildman–Crippen MR) is 137 cm³/mol. The van der Waals surface area contributed by atoms with Crippen LogP contribution < -0.4 is 15.0 Å². The van der Waals surface area contributed by atoms with Gasteiger partial charge in [-0.25, -0.2) is 0 Å². The topological polar surface area (TPSA) is 43.3 Å². The molecule has 178 valence electrons. The van der Waals surface area contributed by atoms with E-state index in [1.807, 2.05) is 37.4 Å². The highest BCUT2D eigenvalue weighted by Crippen LogP contribution is 2.19. The van der Waals surface area contributed by atoms with Crippen LogP contribution in [-0.2, 0) is 0 Å². The number of nitrogens with one attached hydrogen (secondary N) is 1. The summed E-state index contributed by atoms with van der Waals surface area (Å²) >= 11 is 0. The molecule has 2 aromatic rings. The molecule has 2 aliphatic heterocycles. The van der Waals surface area contributed by atoms with E-state index in [4.69, 9.17) is 4.74 Å². The molecule has 0 aliphatic carbocycles. The number of ether oxygens (including phenoxy) is 1. The van der Waals surface area contributed by atoms with Gasteiger partial charge in [0.15, 0.2) is 5.96 Å². The fourth-order valence-corrected chi connectivity index (χ4v) is 4.74. The number of benzene rings is 2. The second-order valence-corrected chi connectivity index (χ2v) is 8.96. The van der Waals surface area contributed by atoms with E-state index < -0.39 is 0 Å². The molecule has 2 saturated heterocycles. The van der Waals surface area contributed by atoms with Gasteiger partial charge in [-0.3, -0.25) is 9.89 Å². The van der Waals surface area contributed by atoms with Gasteiger partial charge in [-0.05, 0) is 43.7 Å². The van der Waals surface area contributed by atoms with E-state index in [1.165, 1.54) is 25.1 Å². The summed E-state index contributed by atoms with van der Waals surface area (Å²) in [5.74, 6) is 2.00. The van der Waals surface area contributed by atoms with Gasteiger partial charge in [-0.15, -0.1) is 0 Å². The smallest absolute Gasteiger partial charge is 0.193 e. The lowest BCUT2D eigenvalue weighted by Crippen LogP contribution is -2.48.